The molecule has 4 amide bonds. The quantitative estimate of drug-likeness (QED) is 0.0900. The molecule has 61 heavy (non-hydrogen) atoms. The minimum absolute atomic E-state index is 0.240. The van der Waals surface area contributed by atoms with Gasteiger partial charge >= 0.3 is 6.09 Å². The molecule has 2 unspecified atom stereocenters. The maximum Gasteiger partial charge on any atom is 0.410 e. The molecular weight excluding hydrogens is 765 g/mol. The number of aryl methyl sites for hydroxylation is 2. The average Bonchev–Trinajstić information content (AvgIpc) is 3.21. The summed E-state index contributed by atoms with van der Waals surface area (Å²) >= 11 is 0. The van der Waals surface area contributed by atoms with Crippen LogP contribution in [-0.4, -0.2) is 66.6 Å². The number of nitrogens with one attached hydrogen (secondary N) is 3. The van der Waals surface area contributed by atoms with Gasteiger partial charge in [-0.15, -0.1) is 6.58 Å². The van der Waals surface area contributed by atoms with Crippen molar-refractivity contribution in [1.82, 2.24) is 20.9 Å². The highest BCUT2D eigenvalue weighted by atomic mass is 16.6. The van der Waals surface area contributed by atoms with Gasteiger partial charge in [0.1, 0.15) is 23.4 Å². The maximum atomic E-state index is 13.6. The van der Waals surface area contributed by atoms with E-state index in [0.717, 1.165) is 35.1 Å². The summed E-state index contributed by atoms with van der Waals surface area (Å²) in [5, 5.41) is 8.57. The van der Waals surface area contributed by atoms with Crippen molar-refractivity contribution in [2.24, 2.45) is 5.92 Å². The van der Waals surface area contributed by atoms with E-state index in [0.29, 0.717) is 31.7 Å². The number of benzene rings is 2. The molecule has 0 heterocycles. The molecule has 0 aliphatic heterocycles. The van der Waals surface area contributed by atoms with Gasteiger partial charge in [-0.3, -0.25) is 14.4 Å². The van der Waals surface area contributed by atoms with Gasteiger partial charge in [-0.2, -0.15) is 0 Å². The predicted molar refractivity (Wildman–Crippen MR) is 256 cm³/mol. The van der Waals surface area contributed by atoms with Crippen LogP contribution < -0.4 is 20.7 Å². The molecule has 2 rings (SSSR count). The number of amides is 4. The highest BCUT2D eigenvalue weighted by molar-refractivity contribution is 5.92. The molecule has 0 aliphatic carbocycles. The summed E-state index contributed by atoms with van der Waals surface area (Å²) in [5.41, 5.74) is 4.40. The lowest BCUT2D eigenvalue weighted by molar-refractivity contribution is -0.131. The molecule has 0 bridgehead atoms. The van der Waals surface area contributed by atoms with E-state index in [2.05, 4.69) is 48.5 Å². The summed E-state index contributed by atoms with van der Waals surface area (Å²) in [6.45, 7) is 31.9. The van der Waals surface area contributed by atoms with Gasteiger partial charge < -0.3 is 30.3 Å². The lowest BCUT2D eigenvalue weighted by atomic mass is 10.0. The first kappa shape index (κ1) is 58.0. The van der Waals surface area contributed by atoms with Crippen LogP contribution >= 0.6 is 0 Å². The molecule has 0 fully saturated rings. The Balaban J connectivity index is 0. The largest absolute Gasteiger partial charge is 0.494 e. The average molecular weight is 847 g/mol. The van der Waals surface area contributed by atoms with Crippen LogP contribution in [0.25, 0.3) is 0 Å². The topological polar surface area (TPSA) is 126 Å². The van der Waals surface area contributed by atoms with Crippen LogP contribution in [0.3, 0.4) is 0 Å². The number of rotatable bonds is 20. The Morgan fingerprint density at radius 1 is 0.869 bits per heavy atom. The van der Waals surface area contributed by atoms with Gasteiger partial charge in [-0.25, -0.2) is 4.79 Å². The Morgan fingerprint density at radius 3 is 2.02 bits per heavy atom. The molecule has 3 atom stereocenters. The van der Waals surface area contributed by atoms with Gasteiger partial charge in [0.25, 0.3) is 0 Å². The van der Waals surface area contributed by atoms with E-state index in [-0.39, 0.29) is 36.8 Å². The molecule has 0 saturated carbocycles. The van der Waals surface area contributed by atoms with E-state index < -0.39 is 23.6 Å². The van der Waals surface area contributed by atoms with Gasteiger partial charge in [0.15, 0.2) is 0 Å². The number of carbonyl (C=O) groups excluding carboxylic acids is 4. The van der Waals surface area contributed by atoms with Gasteiger partial charge in [-0.05, 0) is 116 Å². The lowest BCUT2D eigenvalue weighted by Gasteiger charge is -2.27. The van der Waals surface area contributed by atoms with Gasteiger partial charge in [0.2, 0.25) is 17.7 Å². The second-order valence-electron chi connectivity index (χ2n) is 15.5. The van der Waals surface area contributed by atoms with Gasteiger partial charge in [0.05, 0.1) is 6.61 Å². The summed E-state index contributed by atoms with van der Waals surface area (Å²) < 4.78 is 11.6. The fourth-order valence-corrected chi connectivity index (χ4v) is 5.65. The standard InChI is InChI=1S/C40H62N4O6.C7H8.2C2H6/c1-12-15-17-32(16-13-2)19-21-35(43-38(47)36(24-28(4)5)42-30(7)45)37(46)41-26-33-25-34(20-18-29(33)6)49-23-22-31(14-3)27-44(11)39(48)50-40(8,9)10;1-7-5-3-2-4-6-7;2*1-2/h12-13,15-18,20,25,31,35-36H,4,14,19,21-24,26-27H2,1-3,5-11H3,(H,41,46)(H,42,45)(H,43,47);2-6H,1H3;2*1-2H3/b15-12+,16-13-,32-17+;;;/t31?,35?,36-;;;/m0.../s1. The molecule has 3 N–H and O–H groups in total. The Labute approximate surface area is 370 Å². The van der Waals surface area contributed by atoms with Crippen LogP contribution in [0.1, 0.15) is 132 Å². The Hall–Kier alpha value is -5.12. The summed E-state index contributed by atoms with van der Waals surface area (Å²) in [4.78, 5) is 52.8. The van der Waals surface area contributed by atoms with Crippen LogP contribution in [0.5, 0.6) is 5.75 Å². The van der Waals surface area contributed by atoms with Crippen LogP contribution in [0, 0.1) is 19.8 Å². The highest BCUT2D eigenvalue weighted by Gasteiger charge is 2.27. The maximum absolute atomic E-state index is 13.6. The molecule has 0 saturated heterocycles. The Bertz CT molecular complexity index is 1640. The first-order valence-electron chi connectivity index (χ1n) is 22.0. The highest BCUT2D eigenvalue weighted by Crippen LogP contribution is 2.20. The van der Waals surface area contributed by atoms with Crippen molar-refractivity contribution in [2.45, 2.75) is 153 Å². The van der Waals surface area contributed by atoms with Crippen LogP contribution in [-0.2, 0) is 25.7 Å². The predicted octanol–water partition coefficient (Wildman–Crippen LogP) is 11.1. The van der Waals surface area contributed by atoms with Crippen molar-refractivity contribution in [1.29, 1.82) is 0 Å². The zero-order valence-electron chi connectivity index (χ0n) is 40.5. The molecule has 342 valence electrons. The molecule has 10 heteroatoms. The summed E-state index contributed by atoms with van der Waals surface area (Å²) in [5.74, 6) is -0.184. The fraction of sp³-hybridized carbons (Fsp3) is 0.529. The second kappa shape index (κ2) is 33.6. The van der Waals surface area contributed by atoms with Gasteiger partial charge in [-0.1, -0.05) is 119 Å². The van der Waals surface area contributed by atoms with Crippen LogP contribution in [0.4, 0.5) is 4.79 Å². The third kappa shape index (κ3) is 28.1. The third-order valence-corrected chi connectivity index (χ3v) is 8.81. The van der Waals surface area contributed by atoms with E-state index in [1.165, 1.54) is 12.5 Å². The van der Waals surface area contributed by atoms with Crippen LogP contribution in [0.15, 0.2) is 96.6 Å². The van der Waals surface area contributed by atoms with Gasteiger partial charge in [0, 0.05) is 27.1 Å². The van der Waals surface area contributed by atoms with Crippen LogP contribution in [0.2, 0.25) is 0 Å². The summed E-state index contributed by atoms with van der Waals surface area (Å²) in [7, 11) is 1.75. The molecule has 0 aliphatic rings. The normalized spacial score (nSPS) is 12.5. The monoisotopic (exact) mass is 847 g/mol. The smallest absolute Gasteiger partial charge is 0.410 e. The second-order valence-corrected chi connectivity index (χ2v) is 15.5. The number of ether oxygens (including phenoxy) is 2. The zero-order chi connectivity index (χ0) is 47.0. The number of carbonyl (C=O) groups is 4. The van der Waals surface area contributed by atoms with Crippen molar-refractivity contribution in [3.63, 3.8) is 0 Å². The number of hydrogen-bond donors (Lipinski definition) is 3. The van der Waals surface area contributed by atoms with E-state index in [1.807, 2.05) is 136 Å². The molecular formula is C51H82N4O6. The number of nitrogens with zero attached hydrogens (tertiary/aromatic N) is 1. The van der Waals surface area contributed by atoms with E-state index >= 15 is 0 Å². The van der Waals surface area contributed by atoms with E-state index in [9.17, 15) is 19.2 Å². The van der Waals surface area contributed by atoms with Crippen molar-refractivity contribution in [2.75, 3.05) is 20.2 Å². The SMILES string of the molecule is C=C(C)C[C@H](NC(C)=O)C(=O)NC(CCC(/C=C\C)=C/C=C/C)C(=O)NCc1cc(OCCC(CC)CN(C)C(=O)OC(C)(C)C)ccc1C.CC.CC.Cc1ccccc1. The Morgan fingerprint density at radius 2 is 1.51 bits per heavy atom. The molecule has 0 spiro atoms. The van der Waals surface area contributed by atoms with E-state index in [1.54, 1.807) is 18.9 Å². The summed E-state index contributed by atoms with van der Waals surface area (Å²) in [6, 6.07) is 14.4. The minimum Gasteiger partial charge on any atom is -0.494 e. The molecule has 2 aromatic carbocycles. The van der Waals surface area contributed by atoms with Crippen molar-refractivity contribution < 1.29 is 28.7 Å². The molecule has 10 nitrogen and oxygen atoms in total. The molecule has 0 radical (unpaired) electrons. The van der Waals surface area contributed by atoms with Crippen molar-refractivity contribution >= 4 is 23.8 Å². The third-order valence-electron chi connectivity index (χ3n) is 8.81. The first-order chi connectivity index (χ1) is 28.9. The number of hydrogen-bond acceptors (Lipinski definition) is 6. The summed E-state index contributed by atoms with van der Waals surface area (Å²) in [6.07, 6.45) is 12.2. The first-order valence-corrected chi connectivity index (χ1v) is 22.0. The van der Waals surface area contributed by atoms with Crippen molar-refractivity contribution in [3.05, 3.63) is 113 Å². The molecule has 2 aromatic rings. The van der Waals surface area contributed by atoms with Crippen molar-refractivity contribution in [3.8, 4) is 5.75 Å². The lowest BCUT2D eigenvalue weighted by Crippen LogP contribution is -2.53. The molecule has 0 aromatic heterocycles. The Kier molecular flexibility index (Phi) is 31.9. The number of allylic oxidation sites excluding steroid dienone is 6. The van der Waals surface area contributed by atoms with E-state index in [4.69, 9.17) is 9.47 Å². The zero-order valence-corrected chi connectivity index (χ0v) is 40.5. The fourth-order valence-electron chi connectivity index (χ4n) is 5.65. The minimum atomic E-state index is -0.840.